The Bertz CT molecular complexity index is 458. The minimum absolute atomic E-state index is 0.0457. The normalized spacial score (nSPS) is 22.8. The van der Waals surface area contributed by atoms with Gasteiger partial charge in [0.15, 0.2) is 0 Å². The first-order chi connectivity index (χ1) is 9.54. The van der Waals surface area contributed by atoms with E-state index in [1.54, 1.807) is 0 Å². The fourth-order valence-electron chi connectivity index (χ4n) is 2.66. The summed E-state index contributed by atoms with van der Waals surface area (Å²) in [5.74, 6) is 0.0457. The summed E-state index contributed by atoms with van der Waals surface area (Å²) < 4.78 is 1.12. The number of hydrogen-bond acceptors (Lipinski definition) is 3. The van der Waals surface area contributed by atoms with Gasteiger partial charge in [-0.25, -0.2) is 0 Å². The van der Waals surface area contributed by atoms with E-state index in [0.29, 0.717) is 18.6 Å². The van der Waals surface area contributed by atoms with E-state index in [-0.39, 0.29) is 5.91 Å². The molecule has 0 saturated heterocycles. The molecular weight excluding hydrogens is 365 g/mol. The summed E-state index contributed by atoms with van der Waals surface area (Å²) in [7, 11) is 2.02. The minimum Gasteiger partial charge on any atom is -0.328 e. The van der Waals surface area contributed by atoms with E-state index in [2.05, 4.69) is 32.8 Å². The number of benzene rings is 1. The first-order valence-electron chi connectivity index (χ1n) is 7.06. The number of carbonyl (C=O) groups excluding carboxylic acids is 1. The maximum absolute atomic E-state index is 12.1. The highest BCUT2D eigenvalue weighted by atomic mass is 127. The largest absolute Gasteiger partial charge is 0.328 e. The molecule has 5 heteroatoms. The van der Waals surface area contributed by atoms with Crippen LogP contribution in [0.1, 0.15) is 25.7 Å². The monoisotopic (exact) mass is 387 g/mol. The van der Waals surface area contributed by atoms with Crippen LogP contribution in [0.5, 0.6) is 0 Å². The smallest absolute Gasteiger partial charge is 0.238 e. The maximum atomic E-state index is 12.1. The highest BCUT2D eigenvalue weighted by Crippen LogP contribution is 2.21. The number of amides is 1. The van der Waals surface area contributed by atoms with E-state index >= 15 is 0 Å². The van der Waals surface area contributed by atoms with Gasteiger partial charge in [0.05, 0.1) is 6.54 Å². The van der Waals surface area contributed by atoms with Crippen LogP contribution in [0.4, 0.5) is 5.69 Å². The van der Waals surface area contributed by atoms with Crippen LogP contribution < -0.4 is 11.1 Å². The van der Waals surface area contributed by atoms with Crippen LogP contribution in [0.3, 0.4) is 0 Å². The quantitative estimate of drug-likeness (QED) is 0.781. The molecule has 1 aromatic carbocycles. The zero-order valence-corrected chi connectivity index (χ0v) is 14.0. The van der Waals surface area contributed by atoms with Gasteiger partial charge in [-0.1, -0.05) is 6.07 Å². The summed E-state index contributed by atoms with van der Waals surface area (Å²) in [6.07, 6.45) is 4.31. The molecule has 0 atom stereocenters. The maximum Gasteiger partial charge on any atom is 0.238 e. The highest BCUT2D eigenvalue weighted by molar-refractivity contribution is 14.1. The summed E-state index contributed by atoms with van der Waals surface area (Å²) in [6.45, 7) is 0.436. The lowest BCUT2D eigenvalue weighted by Gasteiger charge is -2.33. The van der Waals surface area contributed by atoms with Crippen molar-refractivity contribution in [2.45, 2.75) is 37.8 Å². The van der Waals surface area contributed by atoms with E-state index in [0.717, 1.165) is 34.9 Å². The molecular formula is C15H22IN3O. The summed E-state index contributed by atoms with van der Waals surface area (Å²) in [4.78, 5) is 14.2. The van der Waals surface area contributed by atoms with E-state index in [1.807, 2.05) is 31.3 Å². The minimum atomic E-state index is 0.0457. The molecule has 0 spiro atoms. The molecule has 0 bridgehead atoms. The van der Waals surface area contributed by atoms with Crippen LogP contribution in [0.25, 0.3) is 0 Å². The molecule has 1 saturated carbocycles. The fraction of sp³-hybridized carbons (Fsp3) is 0.533. The van der Waals surface area contributed by atoms with E-state index in [9.17, 15) is 4.79 Å². The van der Waals surface area contributed by atoms with Gasteiger partial charge in [-0.2, -0.15) is 0 Å². The molecule has 2 rings (SSSR count). The molecule has 1 aromatic rings. The molecule has 1 aliphatic carbocycles. The van der Waals surface area contributed by atoms with Crippen molar-refractivity contribution in [2.24, 2.45) is 5.73 Å². The van der Waals surface area contributed by atoms with Crippen molar-refractivity contribution in [3.05, 3.63) is 27.8 Å². The summed E-state index contributed by atoms with van der Waals surface area (Å²) in [6, 6.07) is 8.67. The Balaban J connectivity index is 1.82. The topological polar surface area (TPSA) is 58.4 Å². The number of nitrogens with one attached hydrogen (secondary N) is 1. The zero-order chi connectivity index (χ0) is 14.5. The van der Waals surface area contributed by atoms with Crippen LogP contribution in [-0.4, -0.2) is 36.5 Å². The molecule has 1 amide bonds. The third-order valence-electron chi connectivity index (χ3n) is 3.87. The average Bonchev–Trinajstić information content (AvgIpc) is 2.39. The second-order valence-corrected chi connectivity index (χ2v) is 6.79. The Hall–Kier alpha value is -0.660. The lowest BCUT2D eigenvalue weighted by Crippen LogP contribution is -2.42. The van der Waals surface area contributed by atoms with Crippen molar-refractivity contribution in [2.75, 3.05) is 18.9 Å². The second-order valence-electron chi connectivity index (χ2n) is 5.54. The molecule has 0 heterocycles. The predicted octanol–water partition coefficient (Wildman–Crippen LogP) is 2.43. The molecule has 0 unspecified atom stereocenters. The van der Waals surface area contributed by atoms with Gasteiger partial charge in [-0.3, -0.25) is 9.69 Å². The van der Waals surface area contributed by atoms with Crippen LogP contribution >= 0.6 is 22.6 Å². The van der Waals surface area contributed by atoms with Gasteiger partial charge in [0, 0.05) is 21.3 Å². The van der Waals surface area contributed by atoms with E-state index < -0.39 is 0 Å². The number of rotatable bonds is 4. The van der Waals surface area contributed by atoms with Crippen LogP contribution in [0, 0.1) is 3.57 Å². The highest BCUT2D eigenvalue weighted by Gasteiger charge is 2.23. The molecule has 3 N–H and O–H groups in total. The number of carbonyl (C=O) groups is 1. The summed E-state index contributed by atoms with van der Waals surface area (Å²) >= 11 is 2.24. The number of anilines is 1. The standard InChI is InChI=1S/C15H22IN3O/c1-19(14-7-5-12(17)6-8-14)10-15(20)18-13-4-2-3-11(16)9-13/h2-4,9,12,14H,5-8,10,17H2,1H3,(H,18,20). The first-order valence-corrected chi connectivity index (χ1v) is 8.13. The van der Waals surface area contributed by atoms with Gasteiger partial charge < -0.3 is 11.1 Å². The predicted molar refractivity (Wildman–Crippen MR) is 90.7 cm³/mol. The number of hydrogen-bond donors (Lipinski definition) is 2. The van der Waals surface area contributed by atoms with Crippen molar-refractivity contribution in [3.8, 4) is 0 Å². The Morgan fingerprint density at radius 3 is 2.75 bits per heavy atom. The van der Waals surface area contributed by atoms with Gasteiger partial charge in [-0.15, -0.1) is 0 Å². The number of likely N-dealkylation sites (N-methyl/N-ethyl adjacent to an activating group) is 1. The number of nitrogens with two attached hydrogens (primary N) is 1. The average molecular weight is 387 g/mol. The molecule has 0 radical (unpaired) electrons. The molecule has 20 heavy (non-hydrogen) atoms. The van der Waals surface area contributed by atoms with Crippen molar-refractivity contribution >= 4 is 34.2 Å². The Labute approximate surface area is 134 Å². The lowest BCUT2D eigenvalue weighted by molar-refractivity contribution is -0.117. The molecule has 1 aliphatic rings. The second kappa shape index (κ2) is 7.38. The van der Waals surface area contributed by atoms with Crippen LogP contribution in [0.2, 0.25) is 0 Å². The first kappa shape index (κ1) is 15.7. The van der Waals surface area contributed by atoms with Crippen molar-refractivity contribution < 1.29 is 4.79 Å². The van der Waals surface area contributed by atoms with Crippen molar-refractivity contribution in [1.82, 2.24) is 4.90 Å². The van der Waals surface area contributed by atoms with E-state index in [4.69, 9.17) is 5.73 Å². The zero-order valence-electron chi connectivity index (χ0n) is 11.8. The third-order valence-corrected chi connectivity index (χ3v) is 4.54. The number of nitrogens with zero attached hydrogens (tertiary/aromatic N) is 1. The molecule has 1 fully saturated rings. The SMILES string of the molecule is CN(CC(=O)Nc1cccc(I)c1)C1CCC(N)CC1. The number of halogens is 1. The lowest BCUT2D eigenvalue weighted by atomic mass is 9.91. The van der Waals surface area contributed by atoms with Gasteiger partial charge in [-0.05, 0) is 73.5 Å². The van der Waals surface area contributed by atoms with Crippen molar-refractivity contribution in [1.29, 1.82) is 0 Å². The van der Waals surface area contributed by atoms with Gasteiger partial charge in [0.1, 0.15) is 0 Å². The Morgan fingerprint density at radius 2 is 2.10 bits per heavy atom. The van der Waals surface area contributed by atoms with E-state index in [1.165, 1.54) is 0 Å². The molecule has 4 nitrogen and oxygen atoms in total. The summed E-state index contributed by atoms with van der Waals surface area (Å²) in [5, 5.41) is 2.95. The third kappa shape index (κ3) is 4.71. The van der Waals surface area contributed by atoms with Crippen LogP contribution in [0.15, 0.2) is 24.3 Å². The van der Waals surface area contributed by atoms with Gasteiger partial charge in [0.2, 0.25) is 5.91 Å². The summed E-state index contributed by atoms with van der Waals surface area (Å²) in [5.41, 5.74) is 6.78. The van der Waals surface area contributed by atoms with Gasteiger partial charge >= 0.3 is 0 Å². The van der Waals surface area contributed by atoms with Crippen molar-refractivity contribution in [3.63, 3.8) is 0 Å². The molecule has 0 aromatic heterocycles. The fourth-order valence-corrected chi connectivity index (χ4v) is 3.21. The molecule has 0 aliphatic heterocycles. The Morgan fingerprint density at radius 1 is 1.40 bits per heavy atom. The van der Waals surface area contributed by atoms with Gasteiger partial charge in [0.25, 0.3) is 0 Å². The Kier molecular flexibility index (Phi) is 5.80. The molecule has 110 valence electrons. The van der Waals surface area contributed by atoms with Crippen LogP contribution in [-0.2, 0) is 4.79 Å².